The van der Waals surface area contributed by atoms with Gasteiger partial charge in [0.1, 0.15) is 17.3 Å². The van der Waals surface area contributed by atoms with Crippen LogP contribution in [0.15, 0.2) is 64.9 Å². The Morgan fingerprint density at radius 2 is 1.93 bits per heavy atom. The number of nitrogens with zero attached hydrogens (tertiary/aromatic N) is 6. The van der Waals surface area contributed by atoms with Crippen LogP contribution in [0.1, 0.15) is 37.7 Å². The van der Waals surface area contributed by atoms with Crippen molar-refractivity contribution in [1.82, 2.24) is 24.4 Å². The lowest BCUT2D eigenvalue weighted by atomic mass is 9.79. The number of fused-ring (bicyclic) bond motifs is 1. The number of benzene rings is 1. The molecule has 1 aliphatic carbocycles. The van der Waals surface area contributed by atoms with Gasteiger partial charge in [0, 0.05) is 43.7 Å². The first-order valence-corrected chi connectivity index (χ1v) is 16.2. The van der Waals surface area contributed by atoms with E-state index in [1.165, 1.54) is 29.0 Å². The number of para-hydroxylation sites is 1. The minimum Gasteiger partial charge on any atom is -0.383 e. The van der Waals surface area contributed by atoms with Gasteiger partial charge in [0.2, 0.25) is 5.91 Å². The minimum atomic E-state index is -3.82. The van der Waals surface area contributed by atoms with Gasteiger partial charge in [-0.3, -0.25) is 4.79 Å². The van der Waals surface area contributed by atoms with Crippen molar-refractivity contribution in [3.63, 3.8) is 0 Å². The molecule has 0 radical (unpaired) electrons. The van der Waals surface area contributed by atoms with Gasteiger partial charge in [0.25, 0.3) is 0 Å². The summed E-state index contributed by atoms with van der Waals surface area (Å²) in [7, 11) is -3.82. The van der Waals surface area contributed by atoms with Gasteiger partial charge in [-0.05, 0) is 61.6 Å². The average Bonchev–Trinajstić information content (AvgIpc) is 2.95. The molecule has 1 saturated heterocycles. The van der Waals surface area contributed by atoms with Crippen molar-refractivity contribution in [3.05, 3.63) is 77.1 Å². The lowest BCUT2D eigenvalue weighted by Crippen LogP contribution is -2.54. The van der Waals surface area contributed by atoms with Crippen molar-refractivity contribution in [3.8, 4) is 16.9 Å². The number of hydrogen-bond donors (Lipinski definition) is 1. The molecule has 4 heterocycles. The number of aromatic nitrogens is 4. The first kappa shape index (κ1) is 29.4. The molecular weight excluding hydrogens is 585 g/mol. The molecule has 6 rings (SSSR count). The van der Waals surface area contributed by atoms with E-state index in [1.807, 2.05) is 17.9 Å². The van der Waals surface area contributed by atoms with E-state index in [9.17, 15) is 18.0 Å². The van der Waals surface area contributed by atoms with Crippen LogP contribution in [-0.4, -0.2) is 70.7 Å². The van der Waals surface area contributed by atoms with Crippen LogP contribution in [0.25, 0.3) is 28.0 Å². The van der Waals surface area contributed by atoms with Crippen LogP contribution in [0.2, 0.25) is 0 Å². The zero-order valence-electron chi connectivity index (χ0n) is 24.4. The second kappa shape index (κ2) is 11.1. The SMILES string of the molecule is C=CC(=O)N1CCN(c2nc(=O)n(-c3c(C4CCC4)cccc3S(C)(=O)=O)c3nc(-c4cccnc4N)c(F)cc23)[C@@H](C)C1. The van der Waals surface area contributed by atoms with E-state index < -0.39 is 21.3 Å². The van der Waals surface area contributed by atoms with E-state index in [0.29, 0.717) is 25.2 Å². The van der Waals surface area contributed by atoms with Gasteiger partial charge in [0.15, 0.2) is 21.3 Å². The smallest absolute Gasteiger partial charge is 0.355 e. The van der Waals surface area contributed by atoms with E-state index in [0.717, 1.165) is 25.5 Å². The molecule has 11 nitrogen and oxygen atoms in total. The Morgan fingerprint density at radius 3 is 2.57 bits per heavy atom. The molecule has 0 bridgehead atoms. The monoisotopic (exact) mass is 617 g/mol. The van der Waals surface area contributed by atoms with Gasteiger partial charge >= 0.3 is 5.69 Å². The summed E-state index contributed by atoms with van der Waals surface area (Å²) in [5, 5.41) is 0.214. The molecule has 0 unspecified atom stereocenters. The topological polar surface area (TPSA) is 144 Å². The minimum absolute atomic E-state index is 0.0353. The molecule has 1 atom stereocenters. The normalized spacial score (nSPS) is 17.5. The molecule has 4 aromatic rings. The number of anilines is 2. The van der Waals surface area contributed by atoms with Crippen LogP contribution in [0.5, 0.6) is 0 Å². The third kappa shape index (κ3) is 5.00. The zero-order valence-corrected chi connectivity index (χ0v) is 25.2. The highest BCUT2D eigenvalue weighted by atomic mass is 32.2. The highest BCUT2D eigenvalue weighted by Crippen LogP contribution is 2.42. The number of piperazine rings is 1. The quantitative estimate of drug-likeness (QED) is 0.322. The standard InChI is InChI=1S/C31H32FN7O4S/c1-4-25(40)37-14-15-38(18(2)17-37)29-22-16-23(32)26(21-11-7-13-34-28(21)33)35-30(22)39(31(41)36-29)27-20(19-8-5-9-19)10-6-12-24(27)44(3,42)43/h4,6-7,10-13,16,18-19H,1,5,8-9,14-15,17H2,2-3H3,(H2,33,34)/t18-/m0/s1. The molecule has 1 aromatic carbocycles. The van der Waals surface area contributed by atoms with Crippen LogP contribution in [0.3, 0.4) is 0 Å². The fourth-order valence-electron chi connectivity index (χ4n) is 6.06. The largest absolute Gasteiger partial charge is 0.383 e. The van der Waals surface area contributed by atoms with Gasteiger partial charge < -0.3 is 15.5 Å². The third-order valence-corrected chi connectivity index (χ3v) is 9.61. The number of nitrogen functional groups attached to an aromatic ring is 1. The first-order valence-electron chi connectivity index (χ1n) is 14.3. The zero-order chi connectivity index (χ0) is 31.3. The highest BCUT2D eigenvalue weighted by Gasteiger charge is 2.33. The lowest BCUT2D eigenvalue weighted by Gasteiger charge is -2.40. The molecule has 1 amide bonds. The molecule has 2 N–H and O–H groups in total. The number of pyridine rings is 2. The number of halogens is 1. The second-order valence-electron chi connectivity index (χ2n) is 11.3. The number of carbonyl (C=O) groups excluding carboxylic acids is 1. The van der Waals surface area contributed by atoms with E-state index >= 15 is 4.39 Å². The number of hydrogen-bond acceptors (Lipinski definition) is 9. The van der Waals surface area contributed by atoms with Gasteiger partial charge in [0.05, 0.1) is 16.0 Å². The Balaban J connectivity index is 1.67. The summed E-state index contributed by atoms with van der Waals surface area (Å²) in [6, 6.07) is 9.09. The fourth-order valence-corrected chi connectivity index (χ4v) is 6.95. The molecule has 3 aromatic heterocycles. The van der Waals surface area contributed by atoms with Crippen molar-refractivity contribution in [2.45, 2.75) is 43.0 Å². The van der Waals surface area contributed by atoms with Crippen molar-refractivity contribution in [1.29, 1.82) is 0 Å². The van der Waals surface area contributed by atoms with E-state index in [4.69, 9.17) is 5.73 Å². The first-order chi connectivity index (χ1) is 21.0. The highest BCUT2D eigenvalue weighted by molar-refractivity contribution is 7.90. The Hall–Kier alpha value is -4.65. The molecule has 1 saturated carbocycles. The summed E-state index contributed by atoms with van der Waals surface area (Å²) < 4.78 is 43.4. The molecule has 13 heteroatoms. The average molecular weight is 618 g/mol. The second-order valence-corrected chi connectivity index (χ2v) is 13.3. The Labute approximate surface area is 253 Å². The summed E-state index contributed by atoms with van der Waals surface area (Å²) in [5.74, 6) is -0.646. The van der Waals surface area contributed by atoms with E-state index in [1.54, 1.807) is 23.1 Å². The summed E-state index contributed by atoms with van der Waals surface area (Å²) in [6.07, 6.45) is 6.46. The number of rotatable bonds is 6. The molecule has 228 valence electrons. The summed E-state index contributed by atoms with van der Waals surface area (Å²) in [6.45, 7) is 6.43. The number of amides is 1. The van der Waals surface area contributed by atoms with Crippen molar-refractivity contribution >= 4 is 38.4 Å². The Bertz CT molecular complexity index is 1990. The van der Waals surface area contributed by atoms with Gasteiger partial charge in [-0.2, -0.15) is 4.98 Å². The van der Waals surface area contributed by atoms with E-state index in [-0.39, 0.29) is 62.4 Å². The maximum Gasteiger partial charge on any atom is 0.355 e. The number of sulfone groups is 1. The summed E-state index contributed by atoms with van der Waals surface area (Å²) in [5.41, 5.74) is 6.34. The molecule has 0 spiro atoms. The van der Waals surface area contributed by atoms with Crippen molar-refractivity contribution in [2.75, 3.05) is 36.5 Å². The van der Waals surface area contributed by atoms with E-state index in [2.05, 4.69) is 21.5 Å². The predicted molar refractivity (Wildman–Crippen MR) is 166 cm³/mol. The predicted octanol–water partition coefficient (Wildman–Crippen LogP) is 3.46. The van der Waals surface area contributed by atoms with Crippen LogP contribution in [-0.2, 0) is 14.6 Å². The maximum atomic E-state index is 16.0. The Morgan fingerprint density at radius 1 is 1.16 bits per heavy atom. The fraction of sp³-hybridized carbons (Fsp3) is 0.323. The number of carbonyl (C=O) groups is 1. The van der Waals surface area contributed by atoms with Crippen LogP contribution in [0, 0.1) is 5.82 Å². The van der Waals surface area contributed by atoms with Gasteiger partial charge in [-0.25, -0.2) is 32.1 Å². The van der Waals surface area contributed by atoms with Crippen LogP contribution in [0.4, 0.5) is 16.0 Å². The molecule has 2 fully saturated rings. The molecular formula is C31H32FN7O4S. The summed E-state index contributed by atoms with van der Waals surface area (Å²) in [4.78, 5) is 43.1. The lowest BCUT2D eigenvalue weighted by molar-refractivity contribution is -0.126. The van der Waals surface area contributed by atoms with Crippen LogP contribution >= 0.6 is 0 Å². The van der Waals surface area contributed by atoms with Crippen molar-refractivity contribution < 1.29 is 17.6 Å². The molecule has 1 aliphatic heterocycles. The molecule has 2 aliphatic rings. The van der Waals surface area contributed by atoms with Crippen molar-refractivity contribution in [2.24, 2.45) is 0 Å². The third-order valence-electron chi connectivity index (χ3n) is 8.48. The van der Waals surface area contributed by atoms with Gasteiger partial charge in [-0.1, -0.05) is 25.1 Å². The van der Waals surface area contributed by atoms with Crippen LogP contribution < -0.4 is 16.3 Å². The molecule has 44 heavy (non-hydrogen) atoms. The maximum absolute atomic E-state index is 16.0. The Kier molecular flexibility index (Phi) is 7.44. The number of nitrogens with two attached hydrogens (primary N) is 1. The van der Waals surface area contributed by atoms with Gasteiger partial charge in [-0.15, -0.1) is 0 Å². The summed E-state index contributed by atoms with van der Waals surface area (Å²) >= 11 is 0.